The minimum absolute atomic E-state index is 0.0351. The average Bonchev–Trinajstić information content (AvgIpc) is 3.20. The second-order valence-corrected chi connectivity index (χ2v) is 8.76. The monoisotopic (exact) mass is 458 g/mol. The Bertz CT molecular complexity index is 1170. The van der Waals surface area contributed by atoms with Crippen molar-refractivity contribution in [3.05, 3.63) is 83.6 Å². The van der Waals surface area contributed by atoms with Crippen LogP contribution in [0.2, 0.25) is 0 Å². The smallest absolute Gasteiger partial charge is 0.409 e. The molecule has 1 aliphatic carbocycles. The van der Waals surface area contributed by atoms with Gasteiger partial charge in [0.2, 0.25) is 5.88 Å². The summed E-state index contributed by atoms with van der Waals surface area (Å²) >= 11 is 0. The molecule has 2 aliphatic rings. The van der Waals surface area contributed by atoms with Crippen LogP contribution in [0.3, 0.4) is 0 Å². The number of benzene rings is 2. The molecule has 1 aromatic heterocycles. The van der Waals surface area contributed by atoms with Crippen molar-refractivity contribution in [3.63, 3.8) is 0 Å². The van der Waals surface area contributed by atoms with Crippen LogP contribution in [0, 0.1) is 5.92 Å². The van der Waals surface area contributed by atoms with Gasteiger partial charge in [-0.05, 0) is 41.2 Å². The summed E-state index contributed by atoms with van der Waals surface area (Å²) in [5, 5.41) is 9.12. The Morgan fingerprint density at radius 2 is 1.71 bits per heavy atom. The first-order valence-electron chi connectivity index (χ1n) is 11.5. The zero-order valence-electron chi connectivity index (χ0n) is 18.7. The molecular formula is C27H26N2O5. The highest BCUT2D eigenvalue weighted by Crippen LogP contribution is 2.44. The number of carboxylic acid groups (broad SMARTS) is 1. The van der Waals surface area contributed by atoms with Crippen LogP contribution in [0.15, 0.2) is 66.9 Å². The van der Waals surface area contributed by atoms with Gasteiger partial charge in [-0.2, -0.15) is 0 Å². The lowest BCUT2D eigenvalue weighted by Crippen LogP contribution is -2.42. The largest absolute Gasteiger partial charge is 0.478 e. The highest BCUT2D eigenvalue weighted by atomic mass is 16.6. The van der Waals surface area contributed by atoms with E-state index in [1.54, 1.807) is 4.90 Å². The molecule has 1 fully saturated rings. The number of ether oxygens (including phenoxy) is 2. The molecule has 2 aromatic carbocycles. The van der Waals surface area contributed by atoms with Crippen LogP contribution >= 0.6 is 0 Å². The summed E-state index contributed by atoms with van der Waals surface area (Å²) in [6.45, 7) is 1.86. The second kappa shape index (κ2) is 9.55. The second-order valence-electron chi connectivity index (χ2n) is 8.76. The lowest BCUT2D eigenvalue weighted by Gasteiger charge is -2.32. The zero-order valence-corrected chi connectivity index (χ0v) is 18.7. The average molecular weight is 459 g/mol. The molecule has 7 heteroatoms. The van der Waals surface area contributed by atoms with Gasteiger partial charge >= 0.3 is 12.1 Å². The summed E-state index contributed by atoms with van der Waals surface area (Å²) in [5.41, 5.74) is 4.92. The highest BCUT2D eigenvalue weighted by molar-refractivity contribution is 5.87. The maximum atomic E-state index is 12.9. The summed E-state index contributed by atoms with van der Waals surface area (Å²) in [7, 11) is 0. The fraction of sp³-hybridized carbons (Fsp3) is 0.296. The van der Waals surface area contributed by atoms with Gasteiger partial charge in [0, 0.05) is 37.2 Å². The Morgan fingerprint density at radius 3 is 2.41 bits per heavy atom. The summed E-state index contributed by atoms with van der Waals surface area (Å²) in [4.78, 5) is 29.9. The minimum atomic E-state index is -1.02. The fourth-order valence-corrected chi connectivity index (χ4v) is 4.88. The maximum absolute atomic E-state index is 12.9. The van der Waals surface area contributed by atoms with Crippen molar-refractivity contribution in [2.75, 3.05) is 26.3 Å². The normalized spacial score (nSPS) is 17.1. The van der Waals surface area contributed by atoms with E-state index in [1.807, 2.05) is 24.3 Å². The van der Waals surface area contributed by atoms with Crippen molar-refractivity contribution in [2.24, 2.45) is 5.92 Å². The van der Waals surface area contributed by atoms with Crippen LogP contribution in [0.25, 0.3) is 11.1 Å². The van der Waals surface area contributed by atoms with Crippen LogP contribution in [0.4, 0.5) is 4.79 Å². The summed E-state index contributed by atoms with van der Waals surface area (Å²) in [6, 6.07) is 19.4. The number of hydrogen-bond acceptors (Lipinski definition) is 5. The number of nitrogens with zero attached hydrogens (tertiary/aromatic N) is 2. The third kappa shape index (κ3) is 4.46. The van der Waals surface area contributed by atoms with E-state index < -0.39 is 5.97 Å². The van der Waals surface area contributed by atoms with Crippen molar-refractivity contribution in [3.8, 4) is 17.0 Å². The molecule has 34 heavy (non-hydrogen) atoms. The molecule has 0 spiro atoms. The Hall–Kier alpha value is -3.87. The third-order valence-corrected chi connectivity index (χ3v) is 6.56. The van der Waals surface area contributed by atoms with E-state index >= 15 is 0 Å². The van der Waals surface area contributed by atoms with E-state index in [0.717, 1.165) is 12.8 Å². The molecular weight excluding hydrogens is 432 g/mol. The number of rotatable bonds is 6. The Balaban J connectivity index is 1.18. The summed E-state index contributed by atoms with van der Waals surface area (Å²) < 4.78 is 11.5. The van der Waals surface area contributed by atoms with Gasteiger partial charge in [-0.25, -0.2) is 14.6 Å². The maximum Gasteiger partial charge on any atom is 0.409 e. The summed E-state index contributed by atoms with van der Waals surface area (Å²) in [6.07, 6.45) is 2.90. The van der Waals surface area contributed by atoms with E-state index in [1.165, 1.54) is 40.6 Å². The van der Waals surface area contributed by atoms with Gasteiger partial charge in [-0.15, -0.1) is 0 Å². The number of pyridine rings is 1. The molecule has 1 saturated heterocycles. The van der Waals surface area contributed by atoms with E-state index in [9.17, 15) is 9.59 Å². The quantitative estimate of drug-likeness (QED) is 0.570. The Morgan fingerprint density at radius 1 is 1.00 bits per heavy atom. The van der Waals surface area contributed by atoms with Crippen LogP contribution in [-0.2, 0) is 4.74 Å². The number of amides is 1. The number of carboxylic acids is 1. The van der Waals surface area contributed by atoms with Gasteiger partial charge < -0.3 is 19.5 Å². The summed E-state index contributed by atoms with van der Waals surface area (Å²) in [5.74, 6) is -0.582. The lowest BCUT2D eigenvalue weighted by molar-refractivity contribution is 0.0689. The Labute approximate surface area is 198 Å². The van der Waals surface area contributed by atoms with Gasteiger partial charge in [0.1, 0.15) is 6.61 Å². The van der Waals surface area contributed by atoms with E-state index in [0.29, 0.717) is 26.3 Å². The molecule has 7 nitrogen and oxygen atoms in total. The van der Waals surface area contributed by atoms with Gasteiger partial charge in [0.25, 0.3) is 0 Å². The van der Waals surface area contributed by atoms with Crippen LogP contribution in [0.1, 0.15) is 40.2 Å². The molecule has 0 bridgehead atoms. The predicted octanol–water partition coefficient (Wildman–Crippen LogP) is 4.82. The molecule has 174 valence electrons. The number of aromatic nitrogens is 1. The molecule has 1 N–H and O–H groups in total. The van der Waals surface area contributed by atoms with Crippen molar-refractivity contribution < 1.29 is 24.2 Å². The van der Waals surface area contributed by atoms with Crippen molar-refractivity contribution >= 4 is 12.1 Å². The van der Waals surface area contributed by atoms with Gasteiger partial charge in [-0.1, -0.05) is 48.5 Å². The number of aromatic carboxylic acids is 1. The van der Waals surface area contributed by atoms with E-state index in [2.05, 4.69) is 29.2 Å². The molecule has 1 unspecified atom stereocenters. The number of piperidine rings is 1. The first kappa shape index (κ1) is 21.9. The standard InChI is InChI=1S/C27H26N2O5/c30-26(31)19-11-12-28-25(14-19)33-16-18-6-5-13-29(15-18)27(32)34-17-24-22-9-3-1-7-20(22)21-8-2-4-10-23(21)24/h1-4,7-12,14,18,24H,5-6,13,15-17H2,(H,30,31). The molecule has 1 aliphatic heterocycles. The molecule has 3 aromatic rings. The topological polar surface area (TPSA) is 89.0 Å². The lowest BCUT2D eigenvalue weighted by atomic mass is 9.98. The van der Waals surface area contributed by atoms with Gasteiger partial charge in [-0.3, -0.25) is 0 Å². The van der Waals surface area contributed by atoms with Crippen molar-refractivity contribution in [2.45, 2.75) is 18.8 Å². The van der Waals surface area contributed by atoms with Crippen LogP contribution in [-0.4, -0.2) is 53.4 Å². The zero-order chi connectivity index (χ0) is 23.5. The van der Waals surface area contributed by atoms with E-state index in [-0.39, 0.29) is 29.4 Å². The first-order chi connectivity index (χ1) is 16.6. The predicted molar refractivity (Wildman–Crippen MR) is 126 cm³/mol. The number of carbonyl (C=O) groups is 2. The molecule has 1 atom stereocenters. The van der Waals surface area contributed by atoms with Crippen LogP contribution in [0.5, 0.6) is 5.88 Å². The SMILES string of the molecule is O=C(O)c1ccnc(OCC2CCCN(C(=O)OCC3c4ccccc4-c4ccccc43)C2)c1. The van der Waals surface area contributed by atoms with Gasteiger partial charge in [0.15, 0.2) is 0 Å². The highest BCUT2D eigenvalue weighted by Gasteiger charge is 2.31. The number of carbonyl (C=O) groups excluding carboxylic acids is 1. The number of likely N-dealkylation sites (tertiary alicyclic amines) is 1. The Kier molecular flexibility index (Phi) is 6.16. The van der Waals surface area contributed by atoms with Crippen LogP contribution < -0.4 is 4.74 Å². The third-order valence-electron chi connectivity index (χ3n) is 6.56. The van der Waals surface area contributed by atoms with Crippen molar-refractivity contribution in [1.82, 2.24) is 9.88 Å². The van der Waals surface area contributed by atoms with Gasteiger partial charge in [0.05, 0.1) is 12.2 Å². The molecule has 0 saturated carbocycles. The molecule has 1 amide bonds. The molecule has 2 heterocycles. The van der Waals surface area contributed by atoms with E-state index in [4.69, 9.17) is 14.6 Å². The minimum Gasteiger partial charge on any atom is -0.478 e. The number of fused-ring (bicyclic) bond motifs is 3. The molecule has 0 radical (unpaired) electrons. The number of hydrogen-bond donors (Lipinski definition) is 1. The van der Waals surface area contributed by atoms with Crippen molar-refractivity contribution in [1.29, 1.82) is 0 Å². The molecule has 5 rings (SSSR count). The first-order valence-corrected chi connectivity index (χ1v) is 11.5. The fourth-order valence-electron chi connectivity index (χ4n) is 4.88.